The fourth-order valence-corrected chi connectivity index (χ4v) is 2.72. The summed E-state index contributed by atoms with van der Waals surface area (Å²) in [7, 11) is 1.73. The van der Waals surface area contributed by atoms with Crippen LogP contribution in [0.5, 0.6) is 0 Å². The Morgan fingerprint density at radius 1 is 1.12 bits per heavy atom. The van der Waals surface area contributed by atoms with E-state index in [1.165, 1.54) is 10.6 Å². The Labute approximate surface area is 153 Å². The number of rotatable bonds is 5. The monoisotopic (exact) mass is 400 g/mol. The number of halogens is 1. The normalized spacial score (nSPS) is 10.6. The van der Waals surface area contributed by atoms with E-state index in [2.05, 4.69) is 15.9 Å². The second-order valence-corrected chi connectivity index (χ2v) is 6.64. The van der Waals surface area contributed by atoms with Gasteiger partial charge in [0, 0.05) is 30.3 Å². The summed E-state index contributed by atoms with van der Waals surface area (Å²) in [6.07, 6.45) is 1.69. The number of carbonyl (C=O) groups excluding carboxylic acids is 1. The first kappa shape index (κ1) is 17.2. The third-order valence-electron chi connectivity index (χ3n) is 3.78. The number of hydrogen-bond donors (Lipinski definition) is 0. The van der Waals surface area contributed by atoms with Crippen molar-refractivity contribution >= 4 is 21.8 Å². The highest BCUT2D eigenvalue weighted by molar-refractivity contribution is 9.10. The van der Waals surface area contributed by atoms with E-state index in [0.717, 1.165) is 10.0 Å². The van der Waals surface area contributed by atoms with Crippen LogP contribution in [0.2, 0.25) is 0 Å². The van der Waals surface area contributed by atoms with E-state index >= 15 is 0 Å². The molecule has 1 amide bonds. The van der Waals surface area contributed by atoms with Gasteiger partial charge in [0.1, 0.15) is 5.76 Å². The van der Waals surface area contributed by atoms with Crippen molar-refractivity contribution in [3.05, 3.63) is 92.7 Å². The summed E-state index contributed by atoms with van der Waals surface area (Å²) in [4.78, 5) is 25.8. The molecule has 0 aliphatic heterocycles. The van der Waals surface area contributed by atoms with Gasteiger partial charge >= 0.3 is 0 Å². The van der Waals surface area contributed by atoms with E-state index in [-0.39, 0.29) is 17.2 Å². The standard InChI is InChI=1S/C19H17BrN2O3/c1-21(12-14-5-7-15(20)8-6-14)19(24)17-10-9-16(25-17)13-22-11-3-2-4-18(22)23/h2-11H,12-13H2,1H3. The molecule has 25 heavy (non-hydrogen) atoms. The zero-order valence-corrected chi connectivity index (χ0v) is 15.3. The summed E-state index contributed by atoms with van der Waals surface area (Å²) in [5, 5.41) is 0. The van der Waals surface area contributed by atoms with Crippen molar-refractivity contribution < 1.29 is 9.21 Å². The van der Waals surface area contributed by atoms with E-state index < -0.39 is 0 Å². The van der Waals surface area contributed by atoms with Crippen LogP contribution >= 0.6 is 15.9 Å². The summed E-state index contributed by atoms with van der Waals surface area (Å²) in [6.45, 7) is 0.781. The lowest BCUT2D eigenvalue weighted by Gasteiger charge is -2.15. The van der Waals surface area contributed by atoms with Crippen LogP contribution in [0, 0.1) is 0 Å². The van der Waals surface area contributed by atoms with E-state index in [1.807, 2.05) is 24.3 Å². The zero-order valence-electron chi connectivity index (χ0n) is 13.7. The van der Waals surface area contributed by atoms with Gasteiger partial charge < -0.3 is 13.9 Å². The van der Waals surface area contributed by atoms with Gasteiger partial charge in [-0.05, 0) is 35.9 Å². The average Bonchev–Trinajstić information content (AvgIpc) is 3.07. The molecule has 3 rings (SSSR count). The minimum atomic E-state index is -0.199. The maximum absolute atomic E-state index is 12.5. The molecule has 2 aromatic heterocycles. The summed E-state index contributed by atoms with van der Waals surface area (Å²) in [5.74, 6) is 0.627. The number of furan rings is 1. The number of benzene rings is 1. The fraction of sp³-hybridized carbons (Fsp3) is 0.158. The molecule has 0 bridgehead atoms. The summed E-state index contributed by atoms with van der Waals surface area (Å²) >= 11 is 3.39. The maximum atomic E-state index is 12.5. The van der Waals surface area contributed by atoms with Crippen LogP contribution < -0.4 is 5.56 Å². The van der Waals surface area contributed by atoms with Crippen molar-refractivity contribution in [3.63, 3.8) is 0 Å². The van der Waals surface area contributed by atoms with Crippen LogP contribution in [0.1, 0.15) is 21.9 Å². The van der Waals surface area contributed by atoms with Crippen molar-refractivity contribution in [3.8, 4) is 0 Å². The van der Waals surface area contributed by atoms with Crippen molar-refractivity contribution in [2.45, 2.75) is 13.1 Å². The summed E-state index contributed by atoms with van der Waals surface area (Å²) < 4.78 is 8.15. The number of carbonyl (C=O) groups is 1. The molecule has 0 saturated heterocycles. The van der Waals surface area contributed by atoms with Crippen LogP contribution in [-0.2, 0) is 13.1 Å². The molecule has 0 N–H and O–H groups in total. The smallest absolute Gasteiger partial charge is 0.289 e. The quantitative estimate of drug-likeness (QED) is 0.658. The molecule has 0 aliphatic rings. The van der Waals surface area contributed by atoms with E-state index in [1.54, 1.807) is 42.4 Å². The highest BCUT2D eigenvalue weighted by Crippen LogP contribution is 2.15. The van der Waals surface area contributed by atoms with Crippen LogP contribution in [0.3, 0.4) is 0 Å². The molecule has 0 fully saturated rings. The van der Waals surface area contributed by atoms with E-state index in [9.17, 15) is 9.59 Å². The van der Waals surface area contributed by atoms with Gasteiger partial charge in [0.05, 0.1) is 6.54 Å². The van der Waals surface area contributed by atoms with E-state index in [4.69, 9.17) is 4.42 Å². The molecular weight excluding hydrogens is 384 g/mol. The lowest BCUT2D eigenvalue weighted by Crippen LogP contribution is -2.25. The topological polar surface area (TPSA) is 55.5 Å². The van der Waals surface area contributed by atoms with Gasteiger partial charge in [-0.15, -0.1) is 0 Å². The predicted octanol–water partition coefficient (Wildman–Crippen LogP) is 3.52. The zero-order chi connectivity index (χ0) is 17.8. The molecule has 0 saturated carbocycles. The Bertz CT molecular complexity index is 928. The molecule has 0 radical (unpaired) electrons. The maximum Gasteiger partial charge on any atom is 0.289 e. The third kappa shape index (κ3) is 4.28. The lowest BCUT2D eigenvalue weighted by atomic mass is 10.2. The molecule has 0 aliphatic carbocycles. The molecule has 0 spiro atoms. The Hall–Kier alpha value is -2.60. The van der Waals surface area contributed by atoms with Crippen molar-refractivity contribution in [1.82, 2.24) is 9.47 Å². The first-order valence-corrected chi connectivity index (χ1v) is 8.56. The van der Waals surface area contributed by atoms with Crippen molar-refractivity contribution in [1.29, 1.82) is 0 Å². The van der Waals surface area contributed by atoms with Gasteiger partial charge in [-0.2, -0.15) is 0 Å². The Balaban J connectivity index is 1.68. The number of amides is 1. The van der Waals surface area contributed by atoms with Crippen LogP contribution in [0.15, 0.2) is 74.5 Å². The highest BCUT2D eigenvalue weighted by Gasteiger charge is 2.16. The SMILES string of the molecule is CN(Cc1ccc(Br)cc1)C(=O)c1ccc(Cn2ccccc2=O)o1. The Morgan fingerprint density at radius 3 is 2.60 bits per heavy atom. The Morgan fingerprint density at radius 2 is 1.88 bits per heavy atom. The highest BCUT2D eigenvalue weighted by atomic mass is 79.9. The number of aromatic nitrogens is 1. The average molecular weight is 401 g/mol. The van der Waals surface area contributed by atoms with Gasteiger partial charge in [0.15, 0.2) is 5.76 Å². The van der Waals surface area contributed by atoms with Crippen LogP contribution in [-0.4, -0.2) is 22.4 Å². The molecule has 0 unspecified atom stereocenters. The van der Waals surface area contributed by atoms with Gasteiger partial charge in [0.2, 0.25) is 0 Å². The Kier molecular flexibility index (Phi) is 5.19. The van der Waals surface area contributed by atoms with Crippen LogP contribution in [0.25, 0.3) is 0 Å². The molecule has 128 valence electrons. The molecule has 0 atom stereocenters. The van der Waals surface area contributed by atoms with Crippen molar-refractivity contribution in [2.75, 3.05) is 7.05 Å². The molecule has 1 aromatic carbocycles. The summed E-state index contributed by atoms with van der Waals surface area (Å²) in [5.41, 5.74) is 0.917. The second-order valence-electron chi connectivity index (χ2n) is 5.72. The molecule has 2 heterocycles. The molecule has 6 heteroatoms. The molecule has 5 nitrogen and oxygen atoms in total. The first-order chi connectivity index (χ1) is 12.0. The fourth-order valence-electron chi connectivity index (χ4n) is 2.46. The number of pyridine rings is 1. The van der Waals surface area contributed by atoms with Gasteiger partial charge in [-0.1, -0.05) is 34.1 Å². The van der Waals surface area contributed by atoms with E-state index in [0.29, 0.717) is 18.8 Å². The molecular formula is C19H17BrN2O3. The molecule has 3 aromatic rings. The van der Waals surface area contributed by atoms with Gasteiger partial charge in [-0.25, -0.2) is 0 Å². The number of nitrogens with zero attached hydrogens (tertiary/aromatic N) is 2. The minimum absolute atomic E-state index is 0.112. The minimum Gasteiger partial charge on any atom is -0.454 e. The summed E-state index contributed by atoms with van der Waals surface area (Å²) in [6, 6.07) is 16.1. The van der Waals surface area contributed by atoms with Gasteiger partial charge in [-0.3, -0.25) is 9.59 Å². The second kappa shape index (κ2) is 7.53. The lowest BCUT2D eigenvalue weighted by molar-refractivity contribution is 0.0751. The predicted molar refractivity (Wildman–Crippen MR) is 98.5 cm³/mol. The van der Waals surface area contributed by atoms with Gasteiger partial charge in [0.25, 0.3) is 11.5 Å². The van der Waals surface area contributed by atoms with Crippen molar-refractivity contribution in [2.24, 2.45) is 0 Å². The largest absolute Gasteiger partial charge is 0.454 e. The first-order valence-electron chi connectivity index (χ1n) is 7.77. The number of hydrogen-bond acceptors (Lipinski definition) is 3. The van der Waals surface area contributed by atoms with Crippen LogP contribution in [0.4, 0.5) is 0 Å². The third-order valence-corrected chi connectivity index (χ3v) is 4.31.